The molecule has 76 valence electrons. The summed E-state index contributed by atoms with van der Waals surface area (Å²) in [6.45, 7) is 0.689. The van der Waals surface area contributed by atoms with Crippen molar-refractivity contribution in [2.45, 2.75) is 4.83 Å². The lowest BCUT2D eigenvalue weighted by Crippen LogP contribution is -2.11. The maximum Gasteiger partial charge on any atom is 0.141 e. The molecule has 1 aliphatic rings. The third kappa shape index (κ3) is 1.41. The van der Waals surface area contributed by atoms with Gasteiger partial charge in [-0.3, -0.25) is 0 Å². The summed E-state index contributed by atoms with van der Waals surface area (Å²) in [4.78, 5) is 0.294. The van der Waals surface area contributed by atoms with Gasteiger partial charge in [-0.1, -0.05) is 40.2 Å². The maximum absolute atomic E-state index is 5.74. The Morgan fingerprint density at radius 3 is 2.93 bits per heavy atom. The van der Waals surface area contributed by atoms with Crippen molar-refractivity contribution in [3.05, 3.63) is 40.4 Å². The van der Waals surface area contributed by atoms with E-state index in [2.05, 4.69) is 56.1 Å². The lowest BCUT2D eigenvalue weighted by molar-refractivity contribution is 0.315. The highest BCUT2D eigenvalue weighted by atomic mass is 79.9. The van der Waals surface area contributed by atoms with Crippen molar-refractivity contribution in [3.8, 4) is 5.75 Å². The van der Waals surface area contributed by atoms with Crippen LogP contribution in [0.15, 0.2) is 34.8 Å². The van der Waals surface area contributed by atoms with E-state index in [-0.39, 0.29) is 0 Å². The molecule has 0 radical (unpaired) electrons. The molecule has 1 aliphatic heterocycles. The van der Waals surface area contributed by atoms with Crippen LogP contribution < -0.4 is 4.74 Å². The van der Waals surface area contributed by atoms with Crippen molar-refractivity contribution < 1.29 is 4.74 Å². The number of hydrogen-bond donors (Lipinski definition) is 0. The summed E-state index contributed by atoms with van der Waals surface area (Å²) in [6.07, 6.45) is 0. The van der Waals surface area contributed by atoms with Gasteiger partial charge in [0.05, 0.1) is 9.30 Å². The van der Waals surface area contributed by atoms with Crippen LogP contribution in [0.4, 0.5) is 0 Å². The van der Waals surface area contributed by atoms with Crippen LogP contribution in [0.5, 0.6) is 5.75 Å². The quantitative estimate of drug-likeness (QED) is 0.650. The molecule has 0 fully saturated rings. The van der Waals surface area contributed by atoms with Crippen LogP contribution in [-0.4, -0.2) is 6.61 Å². The zero-order valence-corrected chi connectivity index (χ0v) is 11.0. The maximum atomic E-state index is 5.74. The molecule has 1 unspecified atom stereocenters. The highest BCUT2D eigenvalue weighted by Crippen LogP contribution is 2.43. The standard InChI is InChI=1S/C12H8Br2O/c13-9-5-4-7-2-1-3-8-10(14)6-15-12(9)11(7)8/h1-5,10H,6H2. The van der Waals surface area contributed by atoms with Gasteiger partial charge in [-0.2, -0.15) is 0 Å². The second-order valence-corrected chi connectivity index (χ2v) is 5.56. The van der Waals surface area contributed by atoms with Crippen LogP contribution in [0.1, 0.15) is 10.4 Å². The molecule has 0 N–H and O–H groups in total. The normalized spacial score (nSPS) is 18.9. The molecule has 0 aliphatic carbocycles. The molecule has 1 heterocycles. The van der Waals surface area contributed by atoms with E-state index in [0.29, 0.717) is 11.4 Å². The zero-order valence-electron chi connectivity index (χ0n) is 7.84. The minimum atomic E-state index is 0.294. The van der Waals surface area contributed by atoms with Gasteiger partial charge < -0.3 is 4.74 Å². The Labute approximate surface area is 105 Å². The lowest BCUT2D eigenvalue weighted by atomic mass is 10.00. The summed E-state index contributed by atoms with van der Waals surface area (Å²) in [5.41, 5.74) is 1.31. The predicted molar refractivity (Wildman–Crippen MR) is 68.8 cm³/mol. The highest BCUT2D eigenvalue weighted by Gasteiger charge is 2.21. The average Bonchev–Trinajstić information content (AvgIpc) is 2.26. The molecule has 0 amide bonds. The molecule has 15 heavy (non-hydrogen) atoms. The smallest absolute Gasteiger partial charge is 0.141 e. The molecule has 1 atom stereocenters. The summed E-state index contributed by atoms with van der Waals surface area (Å²) in [6, 6.07) is 10.5. The van der Waals surface area contributed by atoms with E-state index in [1.54, 1.807) is 0 Å². The molecular weight excluding hydrogens is 320 g/mol. The van der Waals surface area contributed by atoms with E-state index in [9.17, 15) is 0 Å². The summed E-state index contributed by atoms with van der Waals surface area (Å²) < 4.78 is 6.77. The summed E-state index contributed by atoms with van der Waals surface area (Å²) in [7, 11) is 0. The molecule has 2 aromatic rings. The Kier molecular flexibility index (Phi) is 2.25. The lowest BCUT2D eigenvalue weighted by Gasteiger charge is -2.23. The Morgan fingerprint density at radius 1 is 1.20 bits per heavy atom. The van der Waals surface area contributed by atoms with Crippen molar-refractivity contribution in [2.75, 3.05) is 6.61 Å². The number of hydrogen-bond acceptors (Lipinski definition) is 1. The van der Waals surface area contributed by atoms with Crippen molar-refractivity contribution >= 4 is 42.6 Å². The summed E-state index contributed by atoms with van der Waals surface area (Å²) in [5.74, 6) is 0.971. The minimum absolute atomic E-state index is 0.294. The molecule has 3 rings (SSSR count). The second kappa shape index (κ2) is 3.49. The van der Waals surface area contributed by atoms with Gasteiger partial charge in [0.2, 0.25) is 0 Å². The monoisotopic (exact) mass is 326 g/mol. The van der Waals surface area contributed by atoms with Gasteiger partial charge in [-0.15, -0.1) is 0 Å². The SMILES string of the molecule is Brc1ccc2cccc3c2c1OCC3Br. The fourth-order valence-electron chi connectivity index (χ4n) is 2.00. The Bertz CT molecular complexity index is 536. The van der Waals surface area contributed by atoms with E-state index >= 15 is 0 Å². The van der Waals surface area contributed by atoms with E-state index in [1.165, 1.54) is 16.3 Å². The van der Waals surface area contributed by atoms with Gasteiger partial charge >= 0.3 is 0 Å². The Morgan fingerprint density at radius 2 is 2.07 bits per heavy atom. The molecule has 0 aromatic heterocycles. The van der Waals surface area contributed by atoms with Crippen molar-refractivity contribution in [2.24, 2.45) is 0 Å². The number of benzene rings is 2. The van der Waals surface area contributed by atoms with Crippen molar-refractivity contribution in [3.63, 3.8) is 0 Å². The molecule has 0 saturated carbocycles. The molecule has 0 bridgehead atoms. The first-order valence-electron chi connectivity index (χ1n) is 4.75. The minimum Gasteiger partial charge on any atom is -0.490 e. The fraction of sp³-hybridized carbons (Fsp3) is 0.167. The number of alkyl halides is 1. The van der Waals surface area contributed by atoms with E-state index in [0.717, 1.165) is 10.2 Å². The predicted octanol–water partition coefficient (Wildman–Crippen LogP) is 4.43. The van der Waals surface area contributed by atoms with Crippen LogP contribution >= 0.6 is 31.9 Å². The summed E-state index contributed by atoms with van der Waals surface area (Å²) >= 11 is 7.16. The molecule has 1 nitrogen and oxygen atoms in total. The van der Waals surface area contributed by atoms with E-state index < -0.39 is 0 Å². The van der Waals surface area contributed by atoms with Gasteiger partial charge in [0.1, 0.15) is 12.4 Å². The van der Waals surface area contributed by atoms with Gasteiger partial charge in [0.15, 0.2) is 0 Å². The Hall–Kier alpha value is -0.540. The van der Waals surface area contributed by atoms with Crippen LogP contribution in [0.3, 0.4) is 0 Å². The topological polar surface area (TPSA) is 9.23 Å². The fourth-order valence-corrected chi connectivity index (χ4v) is 2.95. The highest BCUT2D eigenvalue weighted by molar-refractivity contribution is 9.10. The van der Waals surface area contributed by atoms with Crippen molar-refractivity contribution in [1.82, 2.24) is 0 Å². The summed E-state index contributed by atoms with van der Waals surface area (Å²) in [5, 5.41) is 2.45. The first-order valence-corrected chi connectivity index (χ1v) is 6.46. The number of rotatable bonds is 0. The van der Waals surface area contributed by atoms with Gasteiger partial charge in [0, 0.05) is 5.39 Å². The first-order chi connectivity index (χ1) is 7.27. The van der Waals surface area contributed by atoms with Crippen LogP contribution in [-0.2, 0) is 0 Å². The molecule has 2 aromatic carbocycles. The zero-order chi connectivity index (χ0) is 10.4. The molecular formula is C12H8Br2O. The van der Waals surface area contributed by atoms with Gasteiger partial charge in [0.25, 0.3) is 0 Å². The third-order valence-electron chi connectivity index (χ3n) is 2.69. The average molecular weight is 328 g/mol. The Balaban J connectivity index is 2.48. The third-order valence-corrected chi connectivity index (χ3v) is 4.08. The largest absolute Gasteiger partial charge is 0.490 e. The molecule has 0 saturated heterocycles. The van der Waals surface area contributed by atoms with Crippen LogP contribution in [0.25, 0.3) is 10.8 Å². The van der Waals surface area contributed by atoms with E-state index in [4.69, 9.17) is 4.74 Å². The second-order valence-electron chi connectivity index (χ2n) is 3.60. The van der Waals surface area contributed by atoms with E-state index in [1.807, 2.05) is 6.07 Å². The number of halogens is 2. The van der Waals surface area contributed by atoms with Gasteiger partial charge in [-0.25, -0.2) is 0 Å². The van der Waals surface area contributed by atoms with Crippen LogP contribution in [0.2, 0.25) is 0 Å². The number of ether oxygens (including phenoxy) is 1. The molecule has 3 heteroatoms. The van der Waals surface area contributed by atoms with Crippen LogP contribution in [0, 0.1) is 0 Å². The molecule has 0 spiro atoms. The first kappa shape index (κ1) is 9.67. The van der Waals surface area contributed by atoms with Crippen molar-refractivity contribution in [1.29, 1.82) is 0 Å². The van der Waals surface area contributed by atoms with Gasteiger partial charge in [-0.05, 0) is 32.9 Å².